The Labute approximate surface area is 121 Å². The highest BCUT2D eigenvalue weighted by Crippen LogP contribution is 2.24. The fourth-order valence-electron chi connectivity index (χ4n) is 2.00. The summed E-state index contributed by atoms with van der Waals surface area (Å²) >= 11 is 0. The summed E-state index contributed by atoms with van der Waals surface area (Å²) in [5.41, 5.74) is 6.26. The summed E-state index contributed by atoms with van der Waals surface area (Å²) in [6, 6.07) is 8.68. The average molecular weight is 285 g/mol. The Morgan fingerprint density at radius 2 is 1.86 bits per heavy atom. The van der Waals surface area contributed by atoms with Crippen LogP contribution in [-0.2, 0) is 9.59 Å². The zero-order valence-electron chi connectivity index (χ0n) is 11.2. The highest BCUT2D eigenvalue weighted by molar-refractivity contribution is 6.05. The Hall–Kier alpha value is -2.59. The molecule has 0 saturated carbocycles. The van der Waals surface area contributed by atoms with Crippen LogP contribution in [0.5, 0.6) is 0 Å². The second kappa shape index (κ2) is 7.26. The van der Waals surface area contributed by atoms with E-state index in [1.807, 2.05) is 6.07 Å². The van der Waals surface area contributed by atoms with Gasteiger partial charge in [0.25, 0.3) is 0 Å². The number of carbonyl (C=O) groups excluding carboxylic acids is 3. The van der Waals surface area contributed by atoms with Gasteiger partial charge in [0.15, 0.2) is 11.6 Å². The Balaban J connectivity index is 0.00000220. The molecule has 0 heterocycles. The van der Waals surface area contributed by atoms with Gasteiger partial charge in [0.2, 0.25) is 0 Å². The Bertz CT molecular complexity index is 652. The van der Waals surface area contributed by atoms with Crippen LogP contribution in [0.1, 0.15) is 10.4 Å². The largest absolute Gasteiger partial charge is 0.412 e. The third kappa shape index (κ3) is 3.49. The molecule has 1 aliphatic rings. The number of rotatable bonds is 4. The molecule has 1 aromatic carbocycles. The number of hydrogen-bond donors (Lipinski definition) is 1. The van der Waals surface area contributed by atoms with Crippen LogP contribution < -0.4 is 5.73 Å². The molecule has 0 amide bonds. The Kier molecular flexibility index (Phi) is 5.69. The van der Waals surface area contributed by atoms with Crippen molar-refractivity contribution in [2.45, 2.75) is 0 Å². The summed E-state index contributed by atoms with van der Waals surface area (Å²) in [6.45, 7) is -0.139. The highest BCUT2D eigenvalue weighted by Gasteiger charge is 2.25. The van der Waals surface area contributed by atoms with Gasteiger partial charge in [-0.1, -0.05) is 42.5 Å². The predicted molar refractivity (Wildman–Crippen MR) is 78.4 cm³/mol. The molecule has 0 fully saturated rings. The summed E-state index contributed by atoms with van der Waals surface area (Å²) < 4.78 is 0. The molecule has 21 heavy (non-hydrogen) atoms. The molecule has 1 aromatic rings. The standard InChI is InChI=1S/C16H13NO3.H2O/c17-9-15(19)12-6-7-14(13(8-12)10-18)16(20)11-4-2-1-3-5-11;/h1-8,14H,9,17H2;1H2. The van der Waals surface area contributed by atoms with Crippen LogP contribution in [0.25, 0.3) is 0 Å². The normalized spacial score (nSPS) is 16.5. The quantitative estimate of drug-likeness (QED) is 0.639. The lowest BCUT2D eigenvalue weighted by atomic mass is 9.85. The summed E-state index contributed by atoms with van der Waals surface area (Å²) in [7, 11) is 0. The number of nitrogens with two attached hydrogens (primary N) is 1. The first-order valence-electron chi connectivity index (χ1n) is 6.14. The van der Waals surface area contributed by atoms with Gasteiger partial charge in [-0.25, -0.2) is 4.79 Å². The van der Waals surface area contributed by atoms with E-state index in [1.165, 1.54) is 12.2 Å². The second-order valence-corrected chi connectivity index (χ2v) is 4.35. The van der Waals surface area contributed by atoms with Crippen molar-refractivity contribution in [3.8, 4) is 0 Å². The van der Waals surface area contributed by atoms with Crippen LogP contribution in [0.3, 0.4) is 0 Å². The number of hydrogen-bond acceptors (Lipinski definition) is 4. The van der Waals surface area contributed by atoms with Crippen LogP contribution in [0.2, 0.25) is 0 Å². The molecule has 108 valence electrons. The molecule has 2 rings (SSSR count). The molecular formula is C16H15NO4. The zero-order valence-corrected chi connectivity index (χ0v) is 11.2. The van der Waals surface area contributed by atoms with Crippen molar-refractivity contribution < 1.29 is 19.9 Å². The minimum absolute atomic E-state index is 0. The Morgan fingerprint density at radius 1 is 1.19 bits per heavy atom. The van der Waals surface area contributed by atoms with Gasteiger partial charge in [-0.05, 0) is 6.08 Å². The molecule has 0 spiro atoms. The van der Waals surface area contributed by atoms with Gasteiger partial charge in [0, 0.05) is 11.1 Å². The molecule has 0 saturated heterocycles. The molecule has 4 N–H and O–H groups in total. The SMILES string of the molecule is NCC(=O)C1=CC(=C=O)C(C(=O)c2ccccc2)C=C1.O. The van der Waals surface area contributed by atoms with E-state index in [2.05, 4.69) is 0 Å². The fraction of sp³-hybridized carbons (Fsp3) is 0.125. The minimum Gasteiger partial charge on any atom is -0.412 e. The van der Waals surface area contributed by atoms with Gasteiger partial charge in [-0.15, -0.1) is 0 Å². The lowest BCUT2D eigenvalue weighted by Gasteiger charge is -2.15. The molecule has 0 radical (unpaired) electrons. The maximum absolute atomic E-state index is 12.3. The zero-order chi connectivity index (χ0) is 14.5. The molecule has 1 unspecified atom stereocenters. The van der Waals surface area contributed by atoms with Gasteiger partial charge in [-0.2, -0.15) is 0 Å². The number of Topliss-reactive ketones (excluding diaryl/α,β-unsaturated/α-hetero) is 2. The monoisotopic (exact) mass is 285 g/mol. The van der Waals surface area contributed by atoms with Gasteiger partial charge in [0.1, 0.15) is 5.94 Å². The molecule has 0 aromatic heterocycles. The molecule has 5 heteroatoms. The number of benzene rings is 1. The third-order valence-electron chi connectivity index (χ3n) is 3.08. The van der Waals surface area contributed by atoms with E-state index < -0.39 is 5.92 Å². The molecule has 5 nitrogen and oxygen atoms in total. The molecule has 0 aliphatic heterocycles. The molecular weight excluding hydrogens is 270 g/mol. The van der Waals surface area contributed by atoms with E-state index in [-0.39, 0.29) is 29.2 Å². The highest BCUT2D eigenvalue weighted by atomic mass is 16.1. The van der Waals surface area contributed by atoms with Crippen molar-refractivity contribution >= 4 is 17.5 Å². The van der Waals surface area contributed by atoms with Crippen molar-refractivity contribution in [2.75, 3.05) is 6.54 Å². The number of ketones is 2. The predicted octanol–water partition coefficient (Wildman–Crippen LogP) is 0.443. The summed E-state index contributed by atoms with van der Waals surface area (Å²) in [4.78, 5) is 34.9. The van der Waals surface area contributed by atoms with Crippen molar-refractivity contribution in [3.63, 3.8) is 0 Å². The first-order chi connectivity index (χ1) is 9.67. The van der Waals surface area contributed by atoms with Crippen LogP contribution in [-0.4, -0.2) is 29.5 Å². The van der Waals surface area contributed by atoms with Crippen molar-refractivity contribution in [1.82, 2.24) is 0 Å². The minimum atomic E-state index is -0.704. The Morgan fingerprint density at radius 3 is 2.43 bits per heavy atom. The fourth-order valence-corrected chi connectivity index (χ4v) is 2.00. The van der Waals surface area contributed by atoms with Gasteiger partial charge >= 0.3 is 0 Å². The van der Waals surface area contributed by atoms with Crippen molar-refractivity contribution in [3.05, 3.63) is 65.3 Å². The summed E-state index contributed by atoms with van der Waals surface area (Å²) in [5, 5.41) is 0. The lowest BCUT2D eigenvalue weighted by Crippen LogP contribution is -2.21. The lowest BCUT2D eigenvalue weighted by molar-refractivity contribution is -0.114. The van der Waals surface area contributed by atoms with Gasteiger partial charge < -0.3 is 11.2 Å². The third-order valence-corrected chi connectivity index (χ3v) is 3.08. The molecule has 1 atom stereocenters. The molecule has 0 bridgehead atoms. The van der Waals surface area contributed by atoms with Crippen LogP contribution in [0.15, 0.2) is 59.7 Å². The van der Waals surface area contributed by atoms with Crippen LogP contribution in [0.4, 0.5) is 0 Å². The number of carbonyl (C=O) groups is 2. The maximum Gasteiger partial charge on any atom is 0.176 e. The van der Waals surface area contributed by atoms with Gasteiger partial charge in [0.05, 0.1) is 18.0 Å². The summed E-state index contributed by atoms with van der Waals surface area (Å²) in [5.74, 6) is 0.558. The number of allylic oxidation sites excluding steroid dienone is 4. The maximum atomic E-state index is 12.3. The van der Waals surface area contributed by atoms with E-state index in [1.54, 1.807) is 36.3 Å². The van der Waals surface area contributed by atoms with Crippen LogP contribution >= 0.6 is 0 Å². The van der Waals surface area contributed by atoms with Gasteiger partial charge in [-0.3, -0.25) is 9.59 Å². The van der Waals surface area contributed by atoms with E-state index in [0.29, 0.717) is 11.1 Å². The van der Waals surface area contributed by atoms with Crippen molar-refractivity contribution in [1.29, 1.82) is 0 Å². The van der Waals surface area contributed by atoms with Crippen molar-refractivity contribution in [2.24, 2.45) is 11.7 Å². The van der Waals surface area contributed by atoms with Crippen LogP contribution in [0, 0.1) is 5.92 Å². The van der Waals surface area contributed by atoms with E-state index in [4.69, 9.17) is 5.73 Å². The summed E-state index contributed by atoms with van der Waals surface area (Å²) in [6.07, 6.45) is 4.45. The van der Waals surface area contributed by atoms with E-state index in [9.17, 15) is 14.4 Å². The van der Waals surface area contributed by atoms with E-state index >= 15 is 0 Å². The average Bonchev–Trinajstić information content (AvgIpc) is 2.53. The smallest absolute Gasteiger partial charge is 0.176 e. The topological polar surface area (TPSA) is 109 Å². The first-order valence-corrected chi connectivity index (χ1v) is 6.14. The molecule has 1 aliphatic carbocycles. The second-order valence-electron chi connectivity index (χ2n) is 4.35. The van der Waals surface area contributed by atoms with E-state index in [0.717, 1.165) is 0 Å². The first kappa shape index (κ1) is 16.5.